The van der Waals surface area contributed by atoms with Gasteiger partial charge in [-0.3, -0.25) is 4.18 Å². The van der Waals surface area contributed by atoms with E-state index in [2.05, 4.69) is 0 Å². The van der Waals surface area contributed by atoms with Gasteiger partial charge in [-0.15, -0.1) is 0 Å². The van der Waals surface area contributed by atoms with Crippen molar-refractivity contribution < 1.29 is 26.9 Å². The maximum Gasteiger partial charge on any atom is 0.337 e. The minimum atomic E-state index is -3.50. The third kappa shape index (κ3) is 2.74. The second-order valence-electron chi connectivity index (χ2n) is 6.16. The molecule has 2 atom stereocenters. The average molecular weight is 360 g/mol. The molecule has 0 aromatic heterocycles. The van der Waals surface area contributed by atoms with Crippen LogP contribution in [0.2, 0.25) is 0 Å². The van der Waals surface area contributed by atoms with E-state index in [0.717, 1.165) is 34.1 Å². The van der Waals surface area contributed by atoms with E-state index in [1.54, 1.807) is 12.1 Å². The normalized spacial score (nSPS) is 20.2. The Morgan fingerprint density at radius 2 is 1.68 bits per heavy atom. The van der Waals surface area contributed by atoms with Crippen LogP contribution in [0.1, 0.15) is 50.4 Å². The summed E-state index contributed by atoms with van der Waals surface area (Å²) in [6.45, 7) is -0.0153. The van der Waals surface area contributed by atoms with Gasteiger partial charge in [0, 0.05) is 0 Å². The highest BCUT2D eigenvalue weighted by atomic mass is 32.2. The van der Waals surface area contributed by atoms with Crippen LogP contribution in [0.15, 0.2) is 36.4 Å². The largest absolute Gasteiger partial charge is 0.465 e. The number of esters is 1. The predicted molar refractivity (Wildman–Crippen MR) is 88.6 cm³/mol. The van der Waals surface area contributed by atoms with Crippen LogP contribution in [0.5, 0.6) is 0 Å². The van der Waals surface area contributed by atoms with Crippen molar-refractivity contribution in [1.82, 2.24) is 0 Å². The van der Waals surface area contributed by atoms with Crippen molar-refractivity contribution in [2.24, 2.45) is 0 Å². The van der Waals surface area contributed by atoms with Gasteiger partial charge in [-0.25, -0.2) is 4.79 Å². The molecule has 7 heteroatoms. The Balaban J connectivity index is 1.68. The number of methoxy groups -OCH3 is 1. The van der Waals surface area contributed by atoms with Crippen LogP contribution in [0.3, 0.4) is 0 Å². The summed E-state index contributed by atoms with van der Waals surface area (Å²) in [6, 6.07) is 11.1. The highest BCUT2D eigenvalue weighted by molar-refractivity contribution is 7.85. The van der Waals surface area contributed by atoms with Crippen molar-refractivity contribution in [1.29, 1.82) is 0 Å². The van der Waals surface area contributed by atoms with Gasteiger partial charge in [-0.2, -0.15) is 8.42 Å². The predicted octanol–water partition coefficient (Wildman–Crippen LogP) is 2.47. The molecule has 0 amide bonds. The van der Waals surface area contributed by atoms with Crippen LogP contribution in [0.25, 0.3) is 0 Å². The van der Waals surface area contributed by atoms with Crippen molar-refractivity contribution in [2.45, 2.75) is 18.8 Å². The minimum absolute atomic E-state index is 0.0153. The van der Waals surface area contributed by atoms with Crippen LogP contribution in [0.4, 0.5) is 0 Å². The fourth-order valence-electron chi connectivity index (χ4n) is 3.40. The molecule has 2 aromatic rings. The second kappa shape index (κ2) is 5.66. The Hall–Kier alpha value is -2.22. The van der Waals surface area contributed by atoms with Crippen molar-refractivity contribution >= 4 is 16.1 Å². The van der Waals surface area contributed by atoms with Crippen molar-refractivity contribution in [3.63, 3.8) is 0 Å². The van der Waals surface area contributed by atoms with Crippen LogP contribution < -0.4 is 0 Å². The molecule has 0 radical (unpaired) electrons. The summed E-state index contributed by atoms with van der Waals surface area (Å²) in [5.41, 5.74) is 5.27. The lowest BCUT2D eigenvalue weighted by molar-refractivity contribution is 0.0600. The molecule has 0 unspecified atom stereocenters. The molecule has 2 bridgehead atoms. The topological polar surface area (TPSA) is 78.9 Å². The van der Waals surface area contributed by atoms with Crippen molar-refractivity contribution in [2.75, 3.05) is 13.4 Å². The first-order valence-corrected chi connectivity index (χ1v) is 9.54. The van der Waals surface area contributed by atoms with Gasteiger partial charge in [0.2, 0.25) is 0 Å². The zero-order valence-corrected chi connectivity index (χ0v) is 14.5. The van der Waals surface area contributed by atoms with E-state index < -0.39 is 10.1 Å². The van der Waals surface area contributed by atoms with Gasteiger partial charge in [0.1, 0.15) is 12.2 Å². The number of carbonyl (C=O) groups excluding carboxylic acids is 1. The number of rotatable bonds is 4. The van der Waals surface area contributed by atoms with E-state index in [0.29, 0.717) is 5.56 Å². The molecule has 2 aromatic carbocycles. The monoisotopic (exact) mass is 360 g/mol. The van der Waals surface area contributed by atoms with Crippen LogP contribution >= 0.6 is 0 Å². The van der Waals surface area contributed by atoms with E-state index in [9.17, 15) is 13.2 Å². The Labute approximate surface area is 145 Å². The molecule has 2 heterocycles. The lowest BCUT2D eigenvalue weighted by Gasteiger charge is -2.17. The highest BCUT2D eigenvalue weighted by Gasteiger charge is 2.43. The summed E-state index contributed by atoms with van der Waals surface area (Å²) in [5, 5.41) is 0. The molecule has 2 aliphatic rings. The molecular formula is C18H16O6S. The molecule has 0 spiro atoms. The summed E-state index contributed by atoms with van der Waals surface area (Å²) >= 11 is 0. The van der Waals surface area contributed by atoms with Crippen molar-refractivity contribution in [3.8, 4) is 0 Å². The van der Waals surface area contributed by atoms with Gasteiger partial charge >= 0.3 is 5.97 Å². The van der Waals surface area contributed by atoms with E-state index in [1.807, 2.05) is 24.3 Å². The molecule has 25 heavy (non-hydrogen) atoms. The third-order valence-electron chi connectivity index (χ3n) is 4.50. The smallest absolute Gasteiger partial charge is 0.337 e. The third-order valence-corrected chi connectivity index (χ3v) is 5.05. The fraction of sp³-hybridized carbons (Fsp3) is 0.278. The summed E-state index contributed by atoms with van der Waals surface area (Å²) in [4.78, 5) is 11.8. The molecule has 0 N–H and O–H groups in total. The lowest BCUT2D eigenvalue weighted by atomic mass is 9.84. The molecule has 0 fully saturated rings. The minimum Gasteiger partial charge on any atom is -0.465 e. The zero-order valence-electron chi connectivity index (χ0n) is 13.7. The summed E-state index contributed by atoms with van der Waals surface area (Å²) < 4.78 is 38.0. The number of hydrogen-bond donors (Lipinski definition) is 0. The van der Waals surface area contributed by atoms with E-state index in [1.165, 1.54) is 7.11 Å². The number of ether oxygens (including phenoxy) is 2. The van der Waals surface area contributed by atoms with Gasteiger partial charge in [0.25, 0.3) is 10.1 Å². The Bertz CT molecular complexity index is 979. The van der Waals surface area contributed by atoms with Gasteiger partial charge in [-0.1, -0.05) is 24.3 Å². The van der Waals surface area contributed by atoms with E-state index >= 15 is 0 Å². The standard InChI is InChI=1S/C18H16O6S/c1-22-18(19)11-4-6-13-15(8-11)17-14-7-10(9-23-25(2,20)21)3-5-12(14)16(13)24-17/h3-8,16-17H,9H2,1-2H3/t16-,17+/m1/s1. The maximum absolute atomic E-state index is 11.8. The van der Waals surface area contributed by atoms with E-state index in [4.69, 9.17) is 13.7 Å². The SMILES string of the molecule is COC(=O)c1ccc2c(c1)[C@H]1O[C@@H]2c2ccc(COS(C)(=O)=O)cc21. The number of fused-ring (bicyclic) bond motifs is 8. The first-order chi connectivity index (χ1) is 11.9. The summed E-state index contributed by atoms with van der Waals surface area (Å²) in [7, 11) is -2.15. The molecule has 4 rings (SSSR count). The number of hydrogen-bond acceptors (Lipinski definition) is 6. The molecule has 130 valence electrons. The second-order valence-corrected chi connectivity index (χ2v) is 7.80. The molecule has 0 aliphatic carbocycles. The average Bonchev–Trinajstić information content (AvgIpc) is 3.15. The number of benzene rings is 2. The molecular weight excluding hydrogens is 344 g/mol. The molecule has 6 nitrogen and oxygen atoms in total. The van der Waals surface area contributed by atoms with E-state index in [-0.39, 0.29) is 24.8 Å². The highest BCUT2D eigenvalue weighted by Crippen LogP contribution is 2.54. The maximum atomic E-state index is 11.8. The first-order valence-electron chi connectivity index (χ1n) is 7.72. The van der Waals surface area contributed by atoms with Gasteiger partial charge in [-0.05, 0) is 39.9 Å². The molecule has 0 saturated heterocycles. The summed E-state index contributed by atoms with van der Waals surface area (Å²) in [6.07, 6.45) is 0.597. The van der Waals surface area contributed by atoms with Crippen molar-refractivity contribution in [3.05, 3.63) is 69.8 Å². The Morgan fingerprint density at radius 1 is 1.04 bits per heavy atom. The van der Waals surface area contributed by atoms with Crippen LogP contribution in [-0.2, 0) is 30.4 Å². The molecule has 2 aliphatic heterocycles. The molecule has 0 saturated carbocycles. The van der Waals surface area contributed by atoms with Crippen LogP contribution in [0, 0.1) is 0 Å². The lowest BCUT2D eigenvalue weighted by Crippen LogP contribution is -2.08. The van der Waals surface area contributed by atoms with Gasteiger partial charge < -0.3 is 9.47 Å². The zero-order chi connectivity index (χ0) is 17.8. The van der Waals surface area contributed by atoms with Crippen LogP contribution in [-0.4, -0.2) is 27.8 Å². The number of carbonyl (C=O) groups is 1. The Kier molecular flexibility index (Phi) is 3.68. The quantitative estimate of drug-likeness (QED) is 0.616. The van der Waals surface area contributed by atoms with Gasteiger partial charge in [0.15, 0.2) is 0 Å². The Morgan fingerprint density at radius 3 is 2.36 bits per heavy atom. The summed E-state index contributed by atoms with van der Waals surface area (Å²) in [5.74, 6) is -0.388. The fourth-order valence-corrected chi connectivity index (χ4v) is 3.75. The first kappa shape index (κ1) is 16.3. The van der Waals surface area contributed by atoms with Gasteiger partial charge in [0.05, 0.1) is 25.5 Å².